The fourth-order valence-corrected chi connectivity index (χ4v) is 3.24. The number of guanidine groups is 1. The lowest BCUT2D eigenvalue weighted by Crippen LogP contribution is -2.52. The quantitative estimate of drug-likeness (QED) is 0.496. The summed E-state index contributed by atoms with van der Waals surface area (Å²) in [5.74, 6) is 0.856. The zero-order valence-electron chi connectivity index (χ0n) is 16.3. The zero-order valence-corrected chi connectivity index (χ0v) is 16.3. The van der Waals surface area contributed by atoms with Crippen molar-refractivity contribution in [2.24, 2.45) is 4.99 Å². The number of hydrogen-bond acceptors (Lipinski definition) is 5. The molecule has 0 aromatic carbocycles. The Morgan fingerprint density at radius 2 is 2.04 bits per heavy atom. The van der Waals surface area contributed by atoms with Gasteiger partial charge in [0.05, 0.1) is 25.9 Å². The van der Waals surface area contributed by atoms with E-state index in [0.29, 0.717) is 13.2 Å². The van der Waals surface area contributed by atoms with Gasteiger partial charge in [0, 0.05) is 37.9 Å². The molecule has 2 saturated heterocycles. The lowest BCUT2D eigenvalue weighted by Gasteiger charge is -2.41. The first-order chi connectivity index (χ1) is 12.1. The maximum Gasteiger partial charge on any atom is 0.191 e. The molecule has 2 unspecified atom stereocenters. The van der Waals surface area contributed by atoms with Crippen LogP contribution in [0.2, 0.25) is 0 Å². The van der Waals surface area contributed by atoms with Crippen molar-refractivity contribution < 1.29 is 14.2 Å². The summed E-state index contributed by atoms with van der Waals surface area (Å²) in [6.07, 6.45) is 3.27. The molecule has 0 aromatic heterocycles. The third-order valence-corrected chi connectivity index (χ3v) is 5.10. The van der Waals surface area contributed by atoms with Crippen molar-refractivity contribution in [2.45, 2.75) is 50.8 Å². The highest BCUT2D eigenvalue weighted by atomic mass is 16.5. The molecule has 2 aliphatic rings. The molecule has 2 rings (SSSR count). The normalized spacial score (nSPS) is 25.2. The number of rotatable bonds is 8. The molecule has 25 heavy (non-hydrogen) atoms. The average Bonchev–Trinajstić information content (AvgIpc) is 3.12. The van der Waals surface area contributed by atoms with E-state index in [1.165, 1.54) is 0 Å². The summed E-state index contributed by atoms with van der Waals surface area (Å²) >= 11 is 0. The summed E-state index contributed by atoms with van der Waals surface area (Å²) in [5.41, 5.74) is 0.0848. The Hall–Kier alpha value is -0.890. The minimum absolute atomic E-state index is 0.0848. The van der Waals surface area contributed by atoms with Crippen LogP contribution < -0.4 is 10.6 Å². The van der Waals surface area contributed by atoms with E-state index >= 15 is 0 Å². The Morgan fingerprint density at radius 3 is 2.64 bits per heavy atom. The number of hydrogen-bond donors (Lipinski definition) is 2. The predicted molar refractivity (Wildman–Crippen MR) is 100 cm³/mol. The van der Waals surface area contributed by atoms with E-state index in [9.17, 15) is 0 Å². The molecule has 0 amide bonds. The lowest BCUT2D eigenvalue weighted by atomic mass is 9.89. The van der Waals surface area contributed by atoms with E-state index in [4.69, 9.17) is 19.2 Å². The fraction of sp³-hybridized carbons (Fsp3) is 0.944. The maximum atomic E-state index is 5.90. The first kappa shape index (κ1) is 20.4. The number of ether oxygens (including phenoxy) is 3. The summed E-state index contributed by atoms with van der Waals surface area (Å²) < 4.78 is 16.8. The number of nitrogens with zero attached hydrogens (tertiary/aromatic N) is 2. The summed E-state index contributed by atoms with van der Waals surface area (Å²) in [6, 6.07) is 0.198. The topological polar surface area (TPSA) is 67.4 Å². The van der Waals surface area contributed by atoms with Crippen molar-refractivity contribution in [3.63, 3.8) is 0 Å². The lowest BCUT2D eigenvalue weighted by molar-refractivity contribution is -0.00258. The summed E-state index contributed by atoms with van der Waals surface area (Å²) in [4.78, 5) is 7.17. The number of aliphatic imine (C=N–C) groups is 1. The van der Waals surface area contributed by atoms with Gasteiger partial charge in [-0.3, -0.25) is 4.99 Å². The molecule has 2 aliphatic heterocycles. The van der Waals surface area contributed by atoms with Gasteiger partial charge in [0.15, 0.2) is 5.96 Å². The number of nitrogens with one attached hydrogen (secondary N) is 2. The molecule has 0 saturated carbocycles. The minimum atomic E-state index is 0.0848. The van der Waals surface area contributed by atoms with Gasteiger partial charge in [-0.25, -0.2) is 0 Å². The second-order valence-corrected chi connectivity index (χ2v) is 7.29. The van der Waals surface area contributed by atoms with Crippen LogP contribution in [0.15, 0.2) is 4.99 Å². The van der Waals surface area contributed by atoms with Crippen LogP contribution >= 0.6 is 0 Å². The molecule has 2 atom stereocenters. The van der Waals surface area contributed by atoms with Crippen molar-refractivity contribution in [3.05, 3.63) is 0 Å². The van der Waals surface area contributed by atoms with Crippen LogP contribution in [-0.2, 0) is 14.2 Å². The zero-order chi connectivity index (χ0) is 18.1. The van der Waals surface area contributed by atoms with Gasteiger partial charge in [-0.2, -0.15) is 0 Å². The highest BCUT2D eigenvalue weighted by molar-refractivity contribution is 5.80. The van der Waals surface area contributed by atoms with Crippen molar-refractivity contribution in [1.29, 1.82) is 0 Å². The maximum absolute atomic E-state index is 5.90. The monoisotopic (exact) mass is 356 g/mol. The van der Waals surface area contributed by atoms with Gasteiger partial charge in [0.1, 0.15) is 0 Å². The van der Waals surface area contributed by atoms with E-state index < -0.39 is 0 Å². The third-order valence-electron chi connectivity index (χ3n) is 5.10. The van der Waals surface area contributed by atoms with Crippen LogP contribution in [0.1, 0.15) is 33.1 Å². The minimum Gasteiger partial charge on any atom is -0.381 e. The van der Waals surface area contributed by atoms with Crippen LogP contribution in [0.25, 0.3) is 0 Å². The fourth-order valence-electron chi connectivity index (χ4n) is 3.24. The molecule has 146 valence electrons. The Kier molecular flexibility index (Phi) is 8.42. The largest absolute Gasteiger partial charge is 0.381 e. The third kappa shape index (κ3) is 6.40. The standard InChI is InChI=1S/C18H36N4O3/c1-5-19-17(21-15(2)12-25-16-6-9-24-13-16)20-14-18(22(3)4)7-10-23-11-8-18/h15-16H,5-14H2,1-4H3,(H2,19,20,21). The highest BCUT2D eigenvalue weighted by Crippen LogP contribution is 2.26. The van der Waals surface area contributed by atoms with Crippen LogP contribution in [0.4, 0.5) is 0 Å². The van der Waals surface area contributed by atoms with Crippen molar-refractivity contribution >= 4 is 5.96 Å². The summed E-state index contributed by atoms with van der Waals surface area (Å²) in [6.45, 7) is 9.63. The molecule has 0 aromatic rings. The van der Waals surface area contributed by atoms with E-state index in [2.05, 4.69) is 43.5 Å². The molecule has 2 N–H and O–H groups in total. The SMILES string of the molecule is CCNC(=NCC1(N(C)C)CCOCC1)NC(C)COC1CCOC1. The Bertz CT molecular complexity index is 405. The van der Waals surface area contributed by atoms with Crippen molar-refractivity contribution in [1.82, 2.24) is 15.5 Å². The van der Waals surface area contributed by atoms with Crippen molar-refractivity contribution in [2.75, 3.05) is 60.2 Å². The Labute approximate surface area is 152 Å². The number of likely N-dealkylation sites (N-methyl/N-ethyl adjacent to an activating group) is 1. The Balaban J connectivity index is 1.87. The van der Waals surface area contributed by atoms with Crippen LogP contribution in [0, 0.1) is 0 Å². The molecular formula is C18H36N4O3. The smallest absolute Gasteiger partial charge is 0.191 e. The Morgan fingerprint density at radius 1 is 1.28 bits per heavy atom. The molecule has 2 heterocycles. The molecule has 0 bridgehead atoms. The van der Waals surface area contributed by atoms with Gasteiger partial charge in [-0.05, 0) is 47.2 Å². The van der Waals surface area contributed by atoms with Crippen molar-refractivity contribution in [3.8, 4) is 0 Å². The van der Waals surface area contributed by atoms with E-state index in [-0.39, 0.29) is 17.7 Å². The highest BCUT2D eigenvalue weighted by Gasteiger charge is 2.34. The summed E-state index contributed by atoms with van der Waals surface area (Å²) in [5, 5.41) is 6.81. The second-order valence-electron chi connectivity index (χ2n) is 7.29. The van der Waals surface area contributed by atoms with Crippen LogP contribution in [0.5, 0.6) is 0 Å². The molecule has 2 fully saturated rings. The van der Waals surface area contributed by atoms with Gasteiger partial charge >= 0.3 is 0 Å². The molecule has 0 radical (unpaired) electrons. The molecule has 0 aliphatic carbocycles. The first-order valence-corrected chi connectivity index (χ1v) is 9.55. The van der Waals surface area contributed by atoms with Crippen LogP contribution in [-0.4, -0.2) is 88.8 Å². The predicted octanol–water partition coefficient (Wildman–Crippen LogP) is 0.846. The molecule has 7 heteroatoms. The molecular weight excluding hydrogens is 320 g/mol. The van der Waals surface area contributed by atoms with E-state index in [1.807, 2.05) is 0 Å². The van der Waals surface area contributed by atoms with Gasteiger partial charge < -0.3 is 29.7 Å². The van der Waals surface area contributed by atoms with E-state index in [0.717, 1.165) is 58.1 Å². The average molecular weight is 357 g/mol. The second kappa shape index (κ2) is 10.3. The molecule has 0 spiro atoms. The van der Waals surface area contributed by atoms with Gasteiger partial charge in [0.2, 0.25) is 0 Å². The van der Waals surface area contributed by atoms with E-state index in [1.54, 1.807) is 0 Å². The van der Waals surface area contributed by atoms with Gasteiger partial charge in [-0.1, -0.05) is 0 Å². The van der Waals surface area contributed by atoms with Gasteiger partial charge in [0.25, 0.3) is 0 Å². The molecule has 7 nitrogen and oxygen atoms in total. The van der Waals surface area contributed by atoms with Crippen LogP contribution in [0.3, 0.4) is 0 Å². The first-order valence-electron chi connectivity index (χ1n) is 9.55. The summed E-state index contributed by atoms with van der Waals surface area (Å²) in [7, 11) is 4.28. The van der Waals surface area contributed by atoms with Gasteiger partial charge in [-0.15, -0.1) is 0 Å².